The van der Waals surface area contributed by atoms with E-state index in [4.69, 9.17) is 0 Å². The van der Waals surface area contributed by atoms with Crippen molar-refractivity contribution in [1.29, 1.82) is 0 Å². The van der Waals surface area contributed by atoms with Crippen LogP contribution in [0.1, 0.15) is 37.5 Å². The molecule has 204 valence electrons. The van der Waals surface area contributed by atoms with Gasteiger partial charge in [-0.15, -0.1) is 0 Å². The SMILES string of the molecule is Cc1cc(C)c(-n2cc[n+](CCNC(C)(C)C)c2[B-](c2ccccc2)(c2ccccc2)c2ccccc2)c(C)c1. The fourth-order valence-electron chi connectivity index (χ4n) is 6.63. The predicted molar refractivity (Wildman–Crippen MR) is 172 cm³/mol. The maximum Gasteiger partial charge on any atom is 0.202 e. The molecule has 0 saturated carbocycles. The van der Waals surface area contributed by atoms with Crippen LogP contribution in [0.15, 0.2) is 116 Å². The number of hydrogen-bond donors (Lipinski definition) is 1. The second kappa shape index (κ2) is 11.3. The average molecular weight is 528 g/mol. The Labute approximate surface area is 240 Å². The minimum absolute atomic E-state index is 0.0495. The monoisotopic (exact) mass is 527 g/mol. The van der Waals surface area contributed by atoms with Crippen molar-refractivity contribution < 1.29 is 4.57 Å². The number of aryl methyl sites for hydroxylation is 3. The highest BCUT2D eigenvalue weighted by molar-refractivity contribution is 7.19. The van der Waals surface area contributed by atoms with E-state index < -0.39 is 6.15 Å². The van der Waals surface area contributed by atoms with Crippen LogP contribution in [0.4, 0.5) is 0 Å². The zero-order chi connectivity index (χ0) is 28.3. The molecule has 0 spiro atoms. The predicted octanol–water partition coefficient (Wildman–Crippen LogP) is 4.46. The topological polar surface area (TPSA) is 20.8 Å². The zero-order valence-corrected chi connectivity index (χ0v) is 24.9. The normalized spacial score (nSPS) is 12.1. The van der Waals surface area contributed by atoms with Gasteiger partial charge in [0.25, 0.3) is 0 Å². The summed E-state index contributed by atoms with van der Waals surface area (Å²) in [5.41, 5.74) is 10.4. The number of benzene rings is 4. The van der Waals surface area contributed by atoms with Crippen molar-refractivity contribution in [2.24, 2.45) is 0 Å². The molecule has 4 aromatic carbocycles. The van der Waals surface area contributed by atoms with Crippen molar-refractivity contribution in [2.75, 3.05) is 6.54 Å². The van der Waals surface area contributed by atoms with Crippen LogP contribution in [0.5, 0.6) is 0 Å². The van der Waals surface area contributed by atoms with Gasteiger partial charge in [0.05, 0.1) is 12.3 Å². The fraction of sp³-hybridized carbons (Fsp3) is 0.250. The molecule has 0 radical (unpaired) electrons. The Kier molecular flexibility index (Phi) is 7.82. The molecule has 0 unspecified atom stereocenters. The van der Waals surface area contributed by atoms with Crippen molar-refractivity contribution in [1.82, 2.24) is 9.88 Å². The average Bonchev–Trinajstić information content (AvgIpc) is 3.33. The molecule has 0 saturated heterocycles. The van der Waals surface area contributed by atoms with Crippen LogP contribution < -0.4 is 32.0 Å². The van der Waals surface area contributed by atoms with Crippen molar-refractivity contribution >= 4 is 28.3 Å². The quantitative estimate of drug-likeness (QED) is 0.234. The van der Waals surface area contributed by atoms with Gasteiger partial charge in [0.15, 0.2) is 0 Å². The summed E-state index contributed by atoms with van der Waals surface area (Å²) in [5.74, 6) is 0. The molecular weight excluding hydrogens is 485 g/mol. The molecule has 1 aromatic heterocycles. The summed E-state index contributed by atoms with van der Waals surface area (Å²) < 4.78 is 4.97. The molecule has 1 N–H and O–H groups in total. The third-order valence-electron chi connectivity index (χ3n) is 8.11. The van der Waals surface area contributed by atoms with Gasteiger partial charge < -0.3 is 5.32 Å². The van der Waals surface area contributed by atoms with E-state index in [1.165, 1.54) is 44.5 Å². The van der Waals surface area contributed by atoms with Gasteiger partial charge >= 0.3 is 0 Å². The Morgan fingerprint density at radius 2 is 1.15 bits per heavy atom. The van der Waals surface area contributed by atoms with Gasteiger partial charge in [-0.3, -0.25) is 4.57 Å². The van der Waals surface area contributed by atoms with Gasteiger partial charge in [0, 0.05) is 12.1 Å². The standard InChI is InChI=1S/C36H42BN3/c1-28-26-29(2)34(30(3)27-28)40-25-24-39(23-22-38-36(4,5)6)35(40)37(31-16-10-7-11-17-31,32-18-12-8-13-19-32)33-20-14-9-15-21-33/h7-21,24-27,38H,22-23H2,1-6H3. The van der Waals surface area contributed by atoms with Crippen LogP contribution >= 0.6 is 0 Å². The third-order valence-corrected chi connectivity index (χ3v) is 8.11. The smallest absolute Gasteiger partial charge is 0.202 e. The Balaban J connectivity index is 1.91. The van der Waals surface area contributed by atoms with Crippen LogP contribution in [0.25, 0.3) is 5.69 Å². The van der Waals surface area contributed by atoms with Gasteiger partial charge in [0.2, 0.25) is 6.15 Å². The molecular formula is C36H42BN3. The molecule has 0 aliphatic carbocycles. The second-order valence-corrected chi connectivity index (χ2v) is 12.2. The van der Waals surface area contributed by atoms with Crippen LogP contribution in [-0.2, 0) is 6.54 Å². The molecule has 0 aliphatic heterocycles. The van der Waals surface area contributed by atoms with Gasteiger partial charge in [-0.25, -0.2) is 4.57 Å². The summed E-state index contributed by atoms with van der Waals surface area (Å²) in [7, 11) is 0. The minimum Gasteiger partial charge on any atom is -0.308 e. The number of nitrogens with zero attached hydrogens (tertiary/aromatic N) is 2. The minimum atomic E-state index is -1.56. The molecule has 5 aromatic rings. The summed E-state index contributed by atoms with van der Waals surface area (Å²) in [6, 6.07) is 37.9. The van der Waals surface area contributed by atoms with Crippen molar-refractivity contribution in [3.63, 3.8) is 0 Å². The molecule has 0 aliphatic rings. The van der Waals surface area contributed by atoms with Crippen molar-refractivity contribution in [3.8, 4) is 5.69 Å². The van der Waals surface area contributed by atoms with Crippen LogP contribution in [0.2, 0.25) is 0 Å². The molecule has 0 bridgehead atoms. The first-order valence-corrected chi connectivity index (χ1v) is 14.5. The number of nitrogens with one attached hydrogen (secondary N) is 1. The van der Waals surface area contributed by atoms with E-state index in [0.29, 0.717) is 0 Å². The van der Waals surface area contributed by atoms with Gasteiger partial charge in [-0.05, 0) is 52.7 Å². The second-order valence-electron chi connectivity index (χ2n) is 12.2. The Morgan fingerprint density at radius 3 is 1.57 bits per heavy atom. The third kappa shape index (κ3) is 5.29. The fourth-order valence-corrected chi connectivity index (χ4v) is 6.63. The highest BCUT2D eigenvalue weighted by Gasteiger charge is 2.42. The molecule has 0 fully saturated rings. The van der Waals surface area contributed by atoms with Gasteiger partial charge in [-0.1, -0.05) is 109 Å². The first-order valence-electron chi connectivity index (χ1n) is 14.5. The number of aromatic nitrogens is 2. The highest BCUT2D eigenvalue weighted by atomic mass is 15.2. The lowest BCUT2D eigenvalue weighted by atomic mass is 9.15. The largest absolute Gasteiger partial charge is 0.308 e. The lowest BCUT2D eigenvalue weighted by molar-refractivity contribution is -0.677. The van der Waals surface area contributed by atoms with Crippen LogP contribution in [0.3, 0.4) is 0 Å². The van der Waals surface area contributed by atoms with E-state index in [1.807, 2.05) is 0 Å². The maximum atomic E-state index is 3.72. The Hall–Kier alpha value is -3.89. The van der Waals surface area contributed by atoms with Gasteiger partial charge in [0.1, 0.15) is 18.1 Å². The van der Waals surface area contributed by atoms with E-state index in [-0.39, 0.29) is 5.54 Å². The Morgan fingerprint density at radius 1 is 0.700 bits per heavy atom. The molecule has 3 nitrogen and oxygen atoms in total. The molecule has 0 atom stereocenters. The lowest BCUT2D eigenvalue weighted by Crippen LogP contribution is -2.82. The molecule has 40 heavy (non-hydrogen) atoms. The molecule has 0 amide bonds. The summed E-state index contributed by atoms with van der Waals surface area (Å²) in [5, 5.41) is 3.72. The number of hydrogen-bond acceptors (Lipinski definition) is 1. The lowest BCUT2D eigenvalue weighted by Gasteiger charge is -2.40. The first kappa shape index (κ1) is 27.7. The molecule has 4 heteroatoms. The van der Waals surface area contributed by atoms with E-state index in [0.717, 1.165) is 13.1 Å². The van der Waals surface area contributed by atoms with E-state index in [9.17, 15) is 0 Å². The van der Waals surface area contributed by atoms with E-state index in [1.54, 1.807) is 0 Å². The van der Waals surface area contributed by atoms with E-state index >= 15 is 0 Å². The van der Waals surface area contributed by atoms with E-state index in [2.05, 4.69) is 172 Å². The maximum absolute atomic E-state index is 3.72. The molecule has 5 rings (SSSR count). The highest BCUT2D eigenvalue weighted by Crippen LogP contribution is 2.21. The van der Waals surface area contributed by atoms with Crippen LogP contribution in [-0.4, -0.2) is 22.8 Å². The zero-order valence-electron chi connectivity index (χ0n) is 24.9. The Bertz CT molecular complexity index is 1450. The van der Waals surface area contributed by atoms with Crippen LogP contribution in [0, 0.1) is 20.8 Å². The molecule has 1 heterocycles. The summed E-state index contributed by atoms with van der Waals surface area (Å²) in [4.78, 5) is 0. The van der Waals surface area contributed by atoms with Crippen molar-refractivity contribution in [2.45, 2.75) is 53.6 Å². The number of imidazole rings is 1. The van der Waals surface area contributed by atoms with Crippen molar-refractivity contribution in [3.05, 3.63) is 132 Å². The summed E-state index contributed by atoms with van der Waals surface area (Å²) >= 11 is 0. The van der Waals surface area contributed by atoms with Gasteiger partial charge in [-0.2, -0.15) is 16.4 Å². The number of rotatable bonds is 8. The first-order chi connectivity index (χ1) is 19.2. The summed E-state index contributed by atoms with van der Waals surface area (Å²) in [6.07, 6.45) is 3.01. The summed E-state index contributed by atoms with van der Waals surface area (Å²) in [6.45, 7) is 15.1.